The fourth-order valence-corrected chi connectivity index (χ4v) is 4.07. The average molecular weight is 595 g/mol. The number of aromatic hydroxyl groups is 1. The number of ether oxygens (including phenoxy) is 2. The topological polar surface area (TPSA) is 209 Å². The Kier molecular flexibility index (Phi) is 10.7. The highest BCUT2D eigenvalue weighted by atomic mass is 16.5. The molecule has 0 saturated heterocycles. The third-order valence-corrected chi connectivity index (χ3v) is 6.34. The minimum absolute atomic E-state index is 0.0407. The number of anilines is 3. The van der Waals surface area contributed by atoms with Crippen LogP contribution in [0.25, 0.3) is 0 Å². The maximum Gasteiger partial charge on any atom is 0.328 e. The molecule has 1 atom stereocenters. The first kappa shape index (κ1) is 30.6. The number of rotatable bonds is 5. The van der Waals surface area contributed by atoms with Crippen molar-refractivity contribution in [3.63, 3.8) is 0 Å². The normalized spacial score (nSPS) is 14.3. The second-order valence-corrected chi connectivity index (χ2v) is 9.55. The van der Waals surface area contributed by atoms with Gasteiger partial charge in [-0.1, -0.05) is 12.1 Å². The van der Waals surface area contributed by atoms with Gasteiger partial charge in [0.25, 0.3) is 5.91 Å². The first-order valence-corrected chi connectivity index (χ1v) is 13.7. The first-order chi connectivity index (χ1) is 20.8. The average Bonchev–Trinajstić information content (AvgIpc) is 2.99. The van der Waals surface area contributed by atoms with Gasteiger partial charge < -0.3 is 46.3 Å². The standard InChI is InChI=1S/C28H34N8O7/c1-29-27(40)31-16-21(24(38)39)33-23(37)20-11-8-18-14-22(20)43-13-5-3-2-4-12-42-19-9-6-17(7-10-19)15-30-25-34-26(32-18)36-28(41)35-25/h6-11,14,21H,2-5,12-13,15-16H2,1H3,(H,33,37)(H,38,39)(H2,29,31,40)(H3,30,32,34,35,36,41)/t21-/m0/s1. The van der Waals surface area contributed by atoms with E-state index in [4.69, 9.17) is 9.47 Å². The molecule has 15 nitrogen and oxygen atoms in total. The van der Waals surface area contributed by atoms with E-state index in [9.17, 15) is 24.6 Å². The van der Waals surface area contributed by atoms with Crippen LogP contribution in [0.4, 0.5) is 22.4 Å². The van der Waals surface area contributed by atoms with Gasteiger partial charge in [-0.05, 0) is 55.5 Å². The molecule has 0 saturated carbocycles. The molecular weight excluding hydrogens is 560 g/mol. The lowest BCUT2D eigenvalue weighted by Crippen LogP contribution is -2.49. The van der Waals surface area contributed by atoms with E-state index < -0.39 is 30.0 Å². The molecule has 5 rings (SSSR count). The van der Waals surface area contributed by atoms with E-state index in [0.717, 1.165) is 30.6 Å². The molecule has 0 unspecified atom stereocenters. The zero-order chi connectivity index (χ0) is 30.6. The summed E-state index contributed by atoms with van der Waals surface area (Å²) in [6.45, 7) is 0.932. The van der Waals surface area contributed by atoms with Crippen LogP contribution in [-0.4, -0.2) is 75.9 Å². The van der Waals surface area contributed by atoms with Gasteiger partial charge in [-0.15, -0.1) is 0 Å². The van der Waals surface area contributed by atoms with E-state index in [2.05, 4.69) is 41.5 Å². The number of carboxylic acids is 1. The summed E-state index contributed by atoms with van der Waals surface area (Å²) in [5.41, 5.74) is 1.49. The lowest BCUT2D eigenvalue weighted by molar-refractivity contribution is -0.139. The molecular formula is C28H34N8O7. The number of hydrogen-bond acceptors (Lipinski definition) is 11. The fourth-order valence-electron chi connectivity index (χ4n) is 4.07. The van der Waals surface area contributed by atoms with Crippen molar-refractivity contribution in [1.82, 2.24) is 30.9 Å². The lowest BCUT2D eigenvalue weighted by Gasteiger charge is -2.18. The van der Waals surface area contributed by atoms with Crippen molar-refractivity contribution in [3.05, 3.63) is 53.6 Å². The van der Waals surface area contributed by atoms with Crippen LogP contribution in [0, 0.1) is 0 Å². The number of fused-ring (bicyclic) bond motifs is 10. The molecule has 3 aromatic rings. The Hall–Kier alpha value is -5.34. The summed E-state index contributed by atoms with van der Waals surface area (Å²) in [6.07, 6.45) is 3.35. The van der Waals surface area contributed by atoms with Gasteiger partial charge in [0.2, 0.25) is 11.9 Å². The number of benzene rings is 2. The Labute approximate surface area is 247 Å². The molecule has 3 heterocycles. The van der Waals surface area contributed by atoms with E-state index in [1.807, 2.05) is 24.3 Å². The molecule has 0 spiro atoms. The summed E-state index contributed by atoms with van der Waals surface area (Å²) in [6, 6.07) is 9.76. The van der Waals surface area contributed by atoms with Crippen molar-refractivity contribution in [1.29, 1.82) is 0 Å². The molecule has 15 heteroatoms. The number of nitrogens with one attached hydrogen (secondary N) is 5. The number of amides is 3. The number of carboxylic acid groups (broad SMARTS) is 1. The summed E-state index contributed by atoms with van der Waals surface area (Å²) in [7, 11) is 1.39. The minimum atomic E-state index is -1.38. The molecule has 2 aliphatic heterocycles. The van der Waals surface area contributed by atoms with Crippen LogP contribution in [0.3, 0.4) is 0 Å². The zero-order valence-electron chi connectivity index (χ0n) is 23.6. The number of carbonyl (C=O) groups is 3. The van der Waals surface area contributed by atoms with Gasteiger partial charge in [0.15, 0.2) is 0 Å². The quantitative estimate of drug-likeness (QED) is 0.227. The Bertz CT molecular complexity index is 1420. The van der Waals surface area contributed by atoms with E-state index in [1.165, 1.54) is 13.1 Å². The molecule has 228 valence electrons. The smallest absolute Gasteiger partial charge is 0.328 e. The molecule has 0 fully saturated rings. The van der Waals surface area contributed by atoms with Crippen LogP contribution in [0.1, 0.15) is 41.6 Å². The zero-order valence-corrected chi connectivity index (χ0v) is 23.6. The van der Waals surface area contributed by atoms with Crippen molar-refractivity contribution >= 4 is 35.5 Å². The van der Waals surface area contributed by atoms with Crippen molar-refractivity contribution in [2.24, 2.45) is 0 Å². The summed E-state index contributed by atoms with van der Waals surface area (Å²) in [5, 5.41) is 32.8. The van der Waals surface area contributed by atoms with Crippen LogP contribution in [0.15, 0.2) is 42.5 Å². The van der Waals surface area contributed by atoms with E-state index in [-0.39, 0.29) is 29.8 Å². The number of hydrogen-bond donors (Lipinski definition) is 7. The third-order valence-electron chi connectivity index (χ3n) is 6.34. The predicted octanol–water partition coefficient (Wildman–Crippen LogP) is 2.38. The number of aliphatic carboxylic acids is 1. The Balaban J connectivity index is 1.56. The van der Waals surface area contributed by atoms with Gasteiger partial charge in [-0.25, -0.2) is 9.59 Å². The van der Waals surface area contributed by atoms with Crippen LogP contribution in [0.2, 0.25) is 0 Å². The van der Waals surface area contributed by atoms with Crippen LogP contribution >= 0.6 is 0 Å². The molecule has 0 radical (unpaired) electrons. The second kappa shape index (κ2) is 15.0. The summed E-state index contributed by atoms with van der Waals surface area (Å²) >= 11 is 0. The first-order valence-electron chi connectivity index (χ1n) is 13.7. The third kappa shape index (κ3) is 9.34. The van der Waals surface area contributed by atoms with Gasteiger partial charge in [0.05, 0.1) is 25.3 Å². The van der Waals surface area contributed by atoms with E-state index in [0.29, 0.717) is 31.9 Å². The summed E-state index contributed by atoms with van der Waals surface area (Å²) in [5.74, 6) is -0.885. The highest BCUT2D eigenvalue weighted by Crippen LogP contribution is 2.26. The van der Waals surface area contributed by atoms with Gasteiger partial charge >= 0.3 is 18.0 Å². The maximum atomic E-state index is 13.1. The minimum Gasteiger partial charge on any atom is -0.494 e. The Morgan fingerprint density at radius 1 is 0.953 bits per heavy atom. The lowest BCUT2D eigenvalue weighted by atomic mass is 10.1. The fraction of sp³-hybridized carbons (Fsp3) is 0.357. The second-order valence-electron chi connectivity index (χ2n) is 9.55. The maximum absolute atomic E-state index is 13.1. The number of urea groups is 1. The van der Waals surface area contributed by atoms with Crippen LogP contribution in [0.5, 0.6) is 17.5 Å². The highest BCUT2D eigenvalue weighted by Gasteiger charge is 2.23. The molecule has 1 aromatic heterocycles. The molecule has 0 aliphatic carbocycles. The molecule has 6 bridgehead atoms. The molecule has 7 N–H and O–H groups in total. The van der Waals surface area contributed by atoms with Crippen molar-refractivity contribution < 1.29 is 34.1 Å². The molecule has 2 aromatic carbocycles. The van der Waals surface area contributed by atoms with Crippen LogP contribution in [-0.2, 0) is 11.3 Å². The summed E-state index contributed by atoms with van der Waals surface area (Å²) < 4.78 is 11.8. The van der Waals surface area contributed by atoms with Crippen molar-refractivity contribution in [2.75, 3.05) is 37.4 Å². The monoisotopic (exact) mass is 594 g/mol. The predicted molar refractivity (Wildman–Crippen MR) is 156 cm³/mol. The number of aromatic nitrogens is 3. The van der Waals surface area contributed by atoms with Gasteiger partial charge in [-0.3, -0.25) is 4.79 Å². The molecule has 3 amide bonds. The number of nitrogens with zero attached hydrogens (tertiary/aromatic N) is 3. The highest BCUT2D eigenvalue weighted by molar-refractivity contribution is 5.99. The Morgan fingerprint density at radius 3 is 2.40 bits per heavy atom. The Morgan fingerprint density at radius 2 is 1.67 bits per heavy atom. The number of carbonyl (C=O) groups excluding carboxylic acids is 2. The van der Waals surface area contributed by atoms with Gasteiger partial charge in [0, 0.05) is 25.3 Å². The van der Waals surface area contributed by atoms with Crippen molar-refractivity contribution in [2.45, 2.75) is 38.3 Å². The van der Waals surface area contributed by atoms with E-state index >= 15 is 0 Å². The van der Waals surface area contributed by atoms with E-state index in [1.54, 1.807) is 12.1 Å². The largest absolute Gasteiger partial charge is 0.494 e. The summed E-state index contributed by atoms with van der Waals surface area (Å²) in [4.78, 5) is 48.5. The van der Waals surface area contributed by atoms with Gasteiger partial charge in [-0.2, -0.15) is 15.0 Å². The van der Waals surface area contributed by atoms with Gasteiger partial charge in [0.1, 0.15) is 17.5 Å². The van der Waals surface area contributed by atoms with Crippen molar-refractivity contribution in [3.8, 4) is 17.5 Å². The van der Waals surface area contributed by atoms with Crippen LogP contribution < -0.4 is 36.1 Å². The molecule has 2 aliphatic rings. The SMILES string of the molecule is CNC(=O)NC[C@H](NC(=O)c1ccc2cc1OCCCCCCOc1ccc(cc1)CNc1nc(O)nc(n1)N2)C(=O)O. The molecule has 43 heavy (non-hydrogen) atoms.